The van der Waals surface area contributed by atoms with Crippen LogP contribution in [0.2, 0.25) is 0 Å². The van der Waals surface area contributed by atoms with E-state index in [1.165, 1.54) is 41.1 Å². The van der Waals surface area contributed by atoms with Crippen LogP contribution in [0.15, 0.2) is 24.3 Å². The Balaban J connectivity index is 1.97. The standard InChI is InChI=1S/C17H23N3S/c1-4-20(13-8-5-7-12(2)11-13)17-19-16-14(18-3)9-6-10-15(16)21-17/h5,7-8,11,14,18H,4,6,9-10H2,1-3H3. The minimum Gasteiger partial charge on any atom is -0.318 e. The number of rotatable bonds is 4. The van der Waals surface area contributed by atoms with E-state index in [2.05, 4.69) is 48.3 Å². The van der Waals surface area contributed by atoms with E-state index < -0.39 is 0 Å². The SMILES string of the molecule is CCN(c1cccc(C)c1)c1nc2c(s1)CCCC2NC. The summed E-state index contributed by atoms with van der Waals surface area (Å²) in [6, 6.07) is 9.10. The van der Waals surface area contributed by atoms with Crippen LogP contribution in [0, 0.1) is 6.92 Å². The summed E-state index contributed by atoms with van der Waals surface area (Å²) in [4.78, 5) is 8.74. The van der Waals surface area contributed by atoms with Gasteiger partial charge in [0.1, 0.15) is 0 Å². The zero-order valence-corrected chi connectivity index (χ0v) is 13.8. The smallest absolute Gasteiger partial charge is 0.190 e. The molecule has 2 aromatic rings. The van der Waals surface area contributed by atoms with Gasteiger partial charge in [-0.1, -0.05) is 12.1 Å². The number of anilines is 2. The molecule has 1 atom stereocenters. The number of aromatic nitrogens is 1. The van der Waals surface area contributed by atoms with Crippen LogP contribution in [0.5, 0.6) is 0 Å². The summed E-state index contributed by atoms with van der Waals surface area (Å²) in [6.45, 7) is 5.28. The first-order valence-corrected chi connectivity index (χ1v) is 8.55. The molecular formula is C17H23N3S. The molecule has 0 spiro atoms. The van der Waals surface area contributed by atoms with Crippen LogP contribution in [-0.4, -0.2) is 18.6 Å². The van der Waals surface area contributed by atoms with Gasteiger partial charge in [0.25, 0.3) is 0 Å². The second-order valence-electron chi connectivity index (χ2n) is 5.62. The van der Waals surface area contributed by atoms with Crippen LogP contribution in [-0.2, 0) is 6.42 Å². The third kappa shape index (κ3) is 2.83. The first-order chi connectivity index (χ1) is 10.2. The van der Waals surface area contributed by atoms with Gasteiger partial charge in [-0.15, -0.1) is 11.3 Å². The van der Waals surface area contributed by atoms with Crippen LogP contribution in [0.3, 0.4) is 0 Å². The first kappa shape index (κ1) is 14.5. The summed E-state index contributed by atoms with van der Waals surface area (Å²) < 4.78 is 0. The Kier molecular flexibility index (Phi) is 4.27. The average Bonchev–Trinajstić information content (AvgIpc) is 2.91. The molecule has 1 aromatic heterocycles. The van der Waals surface area contributed by atoms with Crippen LogP contribution >= 0.6 is 11.3 Å². The number of hydrogen-bond acceptors (Lipinski definition) is 4. The molecule has 0 radical (unpaired) electrons. The molecule has 1 aliphatic rings. The van der Waals surface area contributed by atoms with Gasteiger partial charge in [-0.3, -0.25) is 0 Å². The van der Waals surface area contributed by atoms with E-state index >= 15 is 0 Å². The fraction of sp³-hybridized carbons (Fsp3) is 0.471. The third-order valence-electron chi connectivity index (χ3n) is 4.15. The Morgan fingerprint density at radius 2 is 2.29 bits per heavy atom. The van der Waals surface area contributed by atoms with Crippen molar-refractivity contribution in [2.45, 2.75) is 39.2 Å². The highest BCUT2D eigenvalue weighted by Gasteiger charge is 2.25. The first-order valence-electron chi connectivity index (χ1n) is 7.74. The van der Waals surface area contributed by atoms with Gasteiger partial charge in [-0.05, 0) is 57.9 Å². The van der Waals surface area contributed by atoms with Gasteiger partial charge in [-0.2, -0.15) is 0 Å². The second kappa shape index (κ2) is 6.16. The number of thiazole rings is 1. The van der Waals surface area contributed by atoms with E-state index in [1.54, 1.807) is 0 Å². The monoisotopic (exact) mass is 301 g/mol. The molecule has 1 aromatic carbocycles. The predicted octanol–water partition coefficient (Wildman–Crippen LogP) is 4.21. The molecule has 1 aliphatic carbocycles. The molecule has 0 saturated heterocycles. The molecule has 1 unspecified atom stereocenters. The summed E-state index contributed by atoms with van der Waals surface area (Å²) in [5.41, 5.74) is 3.81. The maximum atomic E-state index is 4.96. The van der Waals surface area contributed by atoms with E-state index in [-0.39, 0.29) is 0 Å². The van der Waals surface area contributed by atoms with Crippen molar-refractivity contribution in [3.05, 3.63) is 40.4 Å². The lowest BCUT2D eigenvalue weighted by Gasteiger charge is -2.21. The maximum Gasteiger partial charge on any atom is 0.190 e. The van der Waals surface area contributed by atoms with Gasteiger partial charge in [0, 0.05) is 17.1 Å². The van der Waals surface area contributed by atoms with Crippen molar-refractivity contribution in [3.8, 4) is 0 Å². The summed E-state index contributed by atoms with van der Waals surface area (Å²) in [7, 11) is 2.04. The number of aryl methyl sites for hydroxylation is 2. The van der Waals surface area contributed by atoms with Gasteiger partial charge < -0.3 is 10.2 Å². The van der Waals surface area contributed by atoms with E-state index in [0.29, 0.717) is 6.04 Å². The topological polar surface area (TPSA) is 28.2 Å². The van der Waals surface area contributed by atoms with E-state index in [1.807, 2.05) is 18.4 Å². The van der Waals surface area contributed by atoms with Crippen LogP contribution in [0.1, 0.15) is 41.9 Å². The third-order valence-corrected chi connectivity index (χ3v) is 5.31. The van der Waals surface area contributed by atoms with Gasteiger partial charge >= 0.3 is 0 Å². The maximum absolute atomic E-state index is 4.96. The van der Waals surface area contributed by atoms with Crippen molar-refractivity contribution < 1.29 is 0 Å². The lowest BCUT2D eigenvalue weighted by molar-refractivity contribution is 0.490. The largest absolute Gasteiger partial charge is 0.318 e. The molecule has 3 rings (SSSR count). The molecular weight excluding hydrogens is 278 g/mol. The Morgan fingerprint density at radius 3 is 3.00 bits per heavy atom. The molecule has 112 valence electrons. The Morgan fingerprint density at radius 1 is 1.43 bits per heavy atom. The lowest BCUT2D eigenvalue weighted by atomic mass is 9.98. The van der Waals surface area contributed by atoms with Gasteiger partial charge in [0.05, 0.1) is 11.7 Å². The van der Waals surface area contributed by atoms with Gasteiger partial charge in [0.15, 0.2) is 5.13 Å². The molecule has 21 heavy (non-hydrogen) atoms. The predicted molar refractivity (Wildman–Crippen MR) is 90.7 cm³/mol. The molecule has 0 fully saturated rings. The molecule has 0 bridgehead atoms. The Hall–Kier alpha value is -1.39. The van der Waals surface area contributed by atoms with Crippen LogP contribution in [0.4, 0.5) is 10.8 Å². The lowest BCUT2D eigenvalue weighted by Crippen LogP contribution is -2.21. The Bertz CT molecular complexity index is 620. The van der Waals surface area contributed by atoms with Crippen molar-refractivity contribution >= 4 is 22.2 Å². The number of benzene rings is 1. The van der Waals surface area contributed by atoms with Crippen molar-refractivity contribution in [2.75, 3.05) is 18.5 Å². The number of nitrogens with zero attached hydrogens (tertiary/aromatic N) is 2. The highest BCUT2D eigenvalue weighted by molar-refractivity contribution is 7.15. The molecule has 0 amide bonds. The average molecular weight is 301 g/mol. The summed E-state index contributed by atoms with van der Waals surface area (Å²) in [6.07, 6.45) is 3.64. The van der Waals surface area contributed by atoms with Gasteiger partial charge in [-0.25, -0.2) is 4.98 Å². The molecule has 1 heterocycles. The van der Waals surface area contributed by atoms with Crippen molar-refractivity contribution in [2.24, 2.45) is 0 Å². The minimum absolute atomic E-state index is 0.426. The summed E-state index contributed by atoms with van der Waals surface area (Å²) in [5, 5.41) is 4.54. The second-order valence-corrected chi connectivity index (χ2v) is 6.68. The quantitative estimate of drug-likeness (QED) is 0.917. The van der Waals surface area contributed by atoms with Crippen molar-refractivity contribution in [3.63, 3.8) is 0 Å². The van der Waals surface area contributed by atoms with E-state index in [4.69, 9.17) is 4.98 Å². The zero-order valence-electron chi connectivity index (χ0n) is 13.0. The van der Waals surface area contributed by atoms with Crippen LogP contribution in [0.25, 0.3) is 0 Å². The minimum atomic E-state index is 0.426. The Labute approximate surface area is 131 Å². The fourth-order valence-electron chi connectivity index (χ4n) is 3.03. The van der Waals surface area contributed by atoms with E-state index in [0.717, 1.165) is 11.7 Å². The zero-order chi connectivity index (χ0) is 14.8. The normalized spacial score (nSPS) is 17.6. The highest BCUT2D eigenvalue weighted by atomic mass is 32.1. The molecule has 4 heteroatoms. The van der Waals surface area contributed by atoms with Crippen molar-refractivity contribution in [1.29, 1.82) is 0 Å². The van der Waals surface area contributed by atoms with Gasteiger partial charge in [0.2, 0.25) is 0 Å². The molecule has 1 N–H and O–H groups in total. The summed E-state index contributed by atoms with van der Waals surface area (Å²) in [5.74, 6) is 0. The van der Waals surface area contributed by atoms with Crippen molar-refractivity contribution in [1.82, 2.24) is 10.3 Å². The van der Waals surface area contributed by atoms with Crippen LogP contribution < -0.4 is 10.2 Å². The molecule has 0 saturated carbocycles. The van der Waals surface area contributed by atoms with E-state index in [9.17, 15) is 0 Å². The number of hydrogen-bond donors (Lipinski definition) is 1. The summed E-state index contributed by atoms with van der Waals surface area (Å²) >= 11 is 1.86. The fourth-order valence-corrected chi connectivity index (χ4v) is 4.27. The number of fused-ring (bicyclic) bond motifs is 1. The highest BCUT2D eigenvalue weighted by Crippen LogP contribution is 2.38. The molecule has 3 nitrogen and oxygen atoms in total. The molecule has 0 aliphatic heterocycles. The number of nitrogens with one attached hydrogen (secondary N) is 1.